The van der Waals surface area contributed by atoms with Crippen LogP contribution in [0.3, 0.4) is 0 Å². The predicted octanol–water partition coefficient (Wildman–Crippen LogP) is 6.15. The Morgan fingerprint density at radius 2 is 1.90 bits per heavy atom. The third-order valence-corrected chi connectivity index (χ3v) is 6.14. The monoisotopic (exact) mass is 405 g/mol. The Labute approximate surface area is 178 Å². The highest BCUT2D eigenvalue weighted by Crippen LogP contribution is 2.38. The molecule has 3 aromatic rings. The van der Waals surface area contributed by atoms with Gasteiger partial charge in [0.25, 0.3) is 5.91 Å². The smallest absolute Gasteiger partial charge is 0.287 e. The summed E-state index contributed by atoms with van der Waals surface area (Å²) in [6.07, 6.45) is 8.91. The largest absolute Gasteiger partial charge is 0.449 e. The van der Waals surface area contributed by atoms with Gasteiger partial charge in [-0.25, -0.2) is 4.98 Å². The van der Waals surface area contributed by atoms with Gasteiger partial charge in [-0.05, 0) is 45.2 Å². The quantitative estimate of drug-likeness (QED) is 0.535. The molecule has 4 rings (SSSR count). The molecular weight excluding hydrogens is 374 g/mol. The van der Waals surface area contributed by atoms with Crippen molar-refractivity contribution < 1.29 is 9.21 Å². The molecule has 1 amide bonds. The van der Waals surface area contributed by atoms with Crippen molar-refractivity contribution in [1.29, 1.82) is 0 Å². The number of nitrogens with one attached hydrogen (secondary N) is 1. The maximum atomic E-state index is 12.5. The molecule has 158 valence electrons. The second-order valence-electron chi connectivity index (χ2n) is 8.45. The van der Waals surface area contributed by atoms with Gasteiger partial charge in [0.15, 0.2) is 11.5 Å². The van der Waals surface area contributed by atoms with E-state index in [0.717, 1.165) is 36.2 Å². The number of benzene rings is 1. The summed E-state index contributed by atoms with van der Waals surface area (Å²) in [5, 5.41) is 2.98. The summed E-state index contributed by atoms with van der Waals surface area (Å²) in [5.41, 5.74) is 4.15. The molecule has 5 heteroatoms. The van der Waals surface area contributed by atoms with Crippen LogP contribution in [0.4, 0.5) is 0 Å². The molecule has 1 aliphatic carbocycles. The Morgan fingerprint density at radius 3 is 2.60 bits per heavy atom. The number of carbonyl (C=O) groups excluding carboxylic acids is 1. The van der Waals surface area contributed by atoms with Crippen molar-refractivity contribution in [1.82, 2.24) is 14.9 Å². The van der Waals surface area contributed by atoms with Gasteiger partial charge < -0.3 is 14.3 Å². The molecule has 2 aromatic heterocycles. The van der Waals surface area contributed by atoms with Gasteiger partial charge in [0.2, 0.25) is 0 Å². The number of aromatic nitrogens is 2. The van der Waals surface area contributed by atoms with Gasteiger partial charge in [-0.1, -0.05) is 56.0 Å². The Balaban J connectivity index is 1.74. The number of nitrogens with zero attached hydrogens (tertiary/aromatic N) is 2. The number of hydrogen-bond donors (Lipinski definition) is 1. The molecule has 1 atom stereocenters. The highest BCUT2D eigenvalue weighted by molar-refractivity contribution is 5.92. The number of rotatable bonds is 6. The first-order valence-electron chi connectivity index (χ1n) is 11.1. The van der Waals surface area contributed by atoms with E-state index < -0.39 is 0 Å². The second kappa shape index (κ2) is 8.90. The topological polar surface area (TPSA) is 60.1 Å². The minimum atomic E-state index is -0.170. The average Bonchev–Trinajstić information content (AvgIpc) is 3.42. The molecule has 1 aliphatic rings. The molecule has 5 nitrogen and oxygen atoms in total. The van der Waals surface area contributed by atoms with Crippen LogP contribution in [0, 0.1) is 6.92 Å². The molecule has 1 saturated carbocycles. The predicted molar refractivity (Wildman–Crippen MR) is 119 cm³/mol. The Bertz CT molecular complexity index is 994. The molecule has 0 bridgehead atoms. The van der Waals surface area contributed by atoms with Crippen molar-refractivity contribution in [2.75, 3.05) is 0 Å². The normalized spacial score (nSPS) is 15.8. The standard InChI is InChI=1S/C25H31N3O2/c1-4-18(3)27-25(29)22-15-14-21(30-22)24-23(19-12-10-17(2)11-13-19)26-16-28(24)20-8-6-5-7-9-20/h10-16,18,20H,4-9H2,1-3H3,(H,27,29). The fourth-order valence-corrected chi connectivity index (χ4v) is 4.15. The number of furan rings is 1. The van der Waals surface area contributed by atoms with Crippen LogP contribution in [0.1, 0.15) is 74.5 Å². The van der Waals surface area contributed by atoms with E-state index in [2.05, 4.69) is 48.0 Å². The van der Waals surface area contributed by atoms with E-state index in [1.807, 2.05) is 19.3 Å². The maximum absolute atomic E-state index is 12.5. The number of carbonyl (C=O) groups is 1. The van der Waals surface area contributed by atoms with E-state index in [0.29, 0.717) is 17.6 Å². The molecule has 0 spiro atoms. The van der Waals surface area contributed by atoms with Crippen molar-refractivity contribution in [3.05, 3.63) is 54.0 Å². The van der Waals surface area contributed by atoms with E-state index in [1.54, 1.807) is 6.07 Å². The molecule has 2 heterocycles. The van der Waals surface area contributed by atoms with E-state index in [-0.39, 0.29) is 11.9 Å². The second-order valence-corrected chi connectivity index (χ2v) is 8.45. The van der Waals surface area contributed by atoms with Crippen LogP contribution in [0.5, 0.6) is 0 Å². The van der Waals surface area contributed by atoms with Crippen LogP contribution in [0.15, 0.2) is 47.1 Å². The minimum absolute atomic E-state index is 0.113. The molecule has 0 radical (unpaired) electrons. The van der Waals surface area contributed by atoms with Crippen molar-refractivity contribution in [2.24, 2.45) is 0 Å². The minimum Gasteiger partial charge on any atom is -0.449 e. The Kier molecular flexibility index (Phi) is 6.07. The van der Waals surface area contributed by atoms with E-state index in [4.69, 9.17) is 9.40 Å². The van der Waals surface area contributed by atoms with Gasteiger partial charge in [0.1, 0.15) is 5.69 Å². The van der Waals surface area contributed by atoms with Crippen molar-refractivity contribution in [3.63, 3.8) is 0 Å². The SMILES string of the molecule is CCC(C)NC(=O)c1ccc(-c2c(-c3ccc(C)cc3)ncn2C2CCCCC2)o1. The zero-order chi connectivity index (χ0) is 21.1. The van der Waals surface area contributed by atoms with E-state index >= 15 is 0 Å². The lowest BCUT2D eigenvalue weighted by Crippen LogP contribution is -2.31. The summed E-state index contributed by atoms with van der Waals surface area (Å²) < 4.78 is 8.35. The zero-order valence-corrected chi connectivity index (χ0v) is 18.1. The van der Waals surface area contributed by atoms with Crippen LogP contribution in [-0.2, 0) is 0 Å². The van der Waals surface area contributed by atoms with Gasteiger partial charge in [-0.2, -0.15) is 0 Å². The molecule has 1 fully saturated rings. The molecule has 0 aliphatic heterocycles. The summed E-state index contributed by atoms with van der Waals surface area (Å²) in [4.78, 5) is 17.3. The highest BCUT2D eigenvalue weighted by atomic mass is 16.4. The maximum Gasteiger partial charge on any atom is 0.287 e. The third-order valence-electron chi connectivity index (χ3n) is 6.14. The molecule has 1 aromatic carbocycles. The fourth-order valence-electron chi connectivity index (χ4n) is 4.15. The number of aryl methyl sites for hydroxylation is 1. The summed E-state index contributed by atoms with van der Waals surface area (Å²) in [5.74, 6) is 0.871. The summed E-state index contributed by atoms with van der Waals surface area (Å²) in [6, 6.07) is 12.6. The van der Waals surface area contributed by atoms with Crippen LogP contribution >= 0.6 is 0 Å². The molecule has 30 heavy (non-hydrogen) atoms. The Hall–Kier alpha value is -2.82. The fraction of sp³-hybridized carbons (Fsp3) is 0.440. The number of hydrogen-bond acceptors (Lipinski definition) is 3. The van der Waals surface area contributed by atoms with Gasteiger partial charge in [0.05, 0.1) is 12.0 Å². The van der Waals surface area contributed by atoms with Gasteiger partial charge >= 0.3 is 0 Å². The summed E-state index contributed by atoms with van der Waals surface area (Å²) in [7, 11) is 0. The van der Waals surface area contributed by atoms with E-state index in [9.17, 15) is 4.79 Å². The Morgan fingerprint density at radius 1 is 1.17 bits per heavy atom. The van der Waals surface area contributed by atoms with Gasteiger partial charge in [-0.15, -0.1) is 0 Å². The molecule has 0 saturated heterocycles. The number of amides is 1. The zero-order valence-electron chi connectivity index (χ0n) is 18.1. The van der Waals surface area contributed by atoms with Crippen molar-refractivity contribution in [3.8, 4) is 22.7 Å². The number of imidazole rings is 1. The highest BCUT2D eigenvalue weighted by Gasteiger charge is 2.25. The first kappa shape index (κ1) is 20.5. The first-order valence-corrected chi connectivity index (χ1v) is 11.1. The average molecular weight is 406 g/mol. The van der Waals surface area contributed by atoms with Crippen LogP contribution in [-0.4, -0.2) is 21.5 Å². The first-order chi connectivity index (χ1) is 14.6. The summed E-state index contributed by atoms with van der Waals surface area (Å²) >= 11 is 0. The van der Waals surface area contributed by atoms with Gasteiger partial charge in [0, 0.05) is 17.6 Å². The lowest BCUT2D eigenvalue weighted by Gasteiger charge is -2.24. The summed E-state index contributed by atoms with van der Waals surface area (Å²) in [6.45, 7) is 6.13. The lowest BCUT2D eigenvalue weighted by molar-refractivity contribution is 0.0912. The lowest BCUT2D eigenvalue weighted by atomic mass is 9.95. The third kappa shape index (κ3) is 4.20. The molecule has 1 N–H and O–H groups in total. The van der Waals surface area contributed by atoms with Crippen molar-refractivity contribution >= 4 is 5.91 Å². The van der Waals surface area contributed by atoms with E-state index in [1.165, 1.54) is 24.8 Å². The van der Waals surface area contributed by atoms with Crippen molar-refractivity contribution in [2.45, 2.75) is 71.4 Å². The van der Waals surface area contributed by atoms with Crippen LogP contribution in [0.25, 0.3) is 22.7 Å². The molecule has 1 unspecified atom stereocenters. The van der Waals surface area contributed by atoms with Crippen LogP contribution in [0.2, 0.25) is 0 Å². The van der Waals surface area contributed by atoms with Crippen LogP contribution < -0.4 is 5.32 Å². The van der Waals surface area contributed by atoms with Gasteiger partial charge in [-0.3, -0.25) is 4.79 Å². The molecular formula is C25H31N3O2.